The number of carbonyl (C=O) groups is 2. The van der Waals surface area contributed by atoms with Crippen molar-refractivity contribution in [1.29, 1.82) is 0 Å². The second-order valence-electron chi connectivity index (χ2n) is 6.45. The molecule has 0 bridgehead atoms. The van der Waals surface area contributed by atoms with Gasteiger partial charge >= 0.3 is 11.9 Å². The highest BCUT2D eigenvalue weighted by molar-refractivity contribution is 6.00. The van der Waals surface area contributed by atoms with E-state index in [1.807, 2.05) is 61.5 Å². The molecule has 2 aliphatic rings. The van der Waals surface area contributed by atoms with Crippen LogP contribution < -0.4 is 0 Å². The topological polar surface area (TPSA) is 52.6 Å². The molecule has 1 heterocycles. The van der Waals surface area contributed by atoms with Gasteiger partial charge in [-0.15, -0.1) is 0 Å². The first-order valence-corrected chi connectivity index (χ1v) is 8.34. The van der Waals surface area contributed by atoms with Crippen LogP contribution in [0.2, 0.25) is 0 Å². The molecule has 4 rings (SSSR count). The second-order valence-corrected chi connectivity index (χ2v) is 6.45. The molecule has 0 unspecified atom stereocenters. The fourth-order valence-electron chi connectivity index (χ4n) is 3.59. The Hall–Kier alpha value is -2.88. The molecule has 25 heavy (non-hydrogen) atoms. The average molecular weight is 334 g/mol. The van der Waals surface area contributed by atoms with Crippen LogP contribution in [0.5, 0.6) is 0 Å². The van der Waals surface area contributed by atoms with Crippen LogP contribution in [0.1, 0.15) is 28.2 Å². The van der Waals surface area contributed by atoms with Crippen LogP contribution in [0.4, 0.5) is 0 Å². The SMILES string of the molecule is Cc1cccc2c1C=C1C(=O)OC[C@@H]1[C@H]2C(=O)OCc1ccccc1. The molecule has 1 fully saturated rings. The standard InChI is InChI=1S/C21H18O4/c1-13-6-5-9-15-16(13)10-17-18(12-25-20(17)22)19(15)21(23)24-11-14-7-3-2-4-8-14/h2-10,18-19H,11-12H2,1H3/t18-,19-/m0/s1. The molecule has 0 spiro atoms. The lowest BCUT2D eigenvalue weighted by molar-refractivity contribution is -0.148. The molecule has 0 radical (unpaired) electrons. The van der Waals surface area contributed by atoms with Crippen LogP contribution >= 0.6 is 0 Å². The van der Waals surface area contributed by atoms with Crippen LogP contribution in [0.3, 0.4) is 0 Å². The molecule has 0 N–H and O–H groups in total. The van der Waals surface area contributed by atoms with E-state index in [-0.39, 0.29) is 31.1 Å². The van der Waals surface area contributed by atoms with E-state index in [4.69, 9.17) is 9.47 Å². The Bertz CT molecular complexity index is 867. The predicted molar refractivity (Wildman–Crippen MR) is 92.6 cm³/mol. The number of ether oxygens (including phenoxy) is 2. The number of benzene rings is 2. The third-order valence-corrected chi connectivity index (χ3v) is 4.90. The molecule has 0 amide bonds. The summed E-state index contributed by atoms with van der Waals surface area (Å²) >= 11 is 0. The van der Waals surface area contributed by atoms with E-state index in [1.165, 1.54) is 0 Å². The molecule has 4 heteroatoms. The number of esters is 2. The van der Waals surface area contributed by atoms with E-state index in [9.17, 15) is 9.59 Å². The van der Waals surface area contributed by atoms with Gasteiger partial charge in [0.1, 0.15) is 6.61 Å². The monoisotopic (exact) mass is 334 g/mol. The zero-order valence-electron chi connectivity index (χ0n) is 13.9. The molecule has 2 atom stereocenters. The van der Waals surface area contributed by atoms with Crippen LogP contribution in [0.25, 0.3) is 6.08 Å². The third kappa shape index (κ3) is 2.74. The molecule has 4 nitrogen and oxygen atoms in total. The number of hydrogen-bond donors (Lipinski definition) is 0. The summed E-state index contributed by atoms with van der Waals surface area (Å²) in [6, 6.07) is 15.4. The minimum atomic E-state index is -0.509. The summed E-state index contributed by atoms with van der Waals surface area (Å²) in [6.07, 6.45) is 1.87. The van der Waals surface area contributed by atoms with Gasteiger partial charge in [0.25, 0.3) is 0 Å². The quantitative estimate of drug-likeness (QED) is 0.808. The molecular weight excluding hydrogens is 316 g/mol. The van der Waals surface area contributed by atoms with E-state index in [0.29, 0.717) is 5.57 Å². The van der Waals surface area contributed by atoms with E-state index < -0.39 is 5.92 Å². The van der Waals surface area contributed by atoms with Crippen molar-refractivity contribution in [3.05, 3.63) is 76.4 Å². The van der Waals surface area contributed by atoms with Gasteiger partial charge in [-0.05, 0) is 35.3 Å². The molecule has 0 saturated carbocycles. The first-order valence-electron chi connectivity index (χ1n) is 8.34. The number of carbonyl (C=O) groups excluding carboxylic acids is 2. The zero-order chi connectivity index (χ0) is 17.4. The van der Waals surface area contributed by atoms with E-state index >= 15 is 0 Å². The first kappa shape index (κ1) is 15.6. The van der Waals surface area contributed by atoms with Gasteiger partial charge in [0, 0.05) is 11.5 Å². The highest BCUT2D eigenvalue weighted by Crippen LogP contribution is 2.43. The van der Waals surface area contributed by atoms with Gasteiger partial charge in [0.05, 0.1) is 12.5 Å². The molecule has 1 saturated heterocycles. The number of hydrogen-bond acceptors (Lipinski definition) is 4. The normalized spacial score (nSPS) is 21.0. The summed E-state index contributed by atoms with van der Waals surface area (Å²) in [4.78, 5) is 24.9. The highest BCUT2D eigenvalue weighted by Gasteiger charge is 2.45. The maximum atomic E-state index is 12.9. The number of rotatable bonds is 3. The molecule has 0 aromatic heterocycles. The zero-order valence-corrected chi connectivity index (χ0v) is 13.9. The highest BCUT2D eigenvalue weighted by atomic mass is 16.5. The van der Waals surface area contributed by atoms with Crippen molar-refractivity contribution in [3.63, 3.8) is 0 Å². The fraction of sp³-hybridized carbons (Fsp3) is 0.238. The molecular formula is C21H18O4. The Kier molecular flexibility index (Phi) is 3.88. The lowest BCUT2D eigenvalue weighted by Gasteiger charge is -2.27. The van der Waals surface area contributed by atoms with Gasteiger partial charge in [-0.25, -0.2) is 4.79 Å². The minimum Gasteiger partial charge on any atom is -0.462 e. The Morgan fingerprint density at radius 2 is 1.96 bits per heavy atom. The summed E-state index contributed by atoms with van der Waals surface area (Å²) in [6.45, 7) is 2.42. The van der Waals surface area contributed by atoms with Gasteiger partial charge in [-0.3, -0.25) is 4.79 Å². The van der Waals surface area contributed by atoms with Crippen LogP contribution in [0, 0.1) is 12.8 Å². The predicted octanol–water partition coefficient (Wildman–Crippen LogP) is 3.39. The van der Waals surface area contributed by atoms with Crippen molar-refractivity contribution >= 4 is 18.0 Å². The van der Waals surface area contributed by atoms with Gasteiger partial charge in [0.2, 0.25) is 0 Å². The second kappa shape index (κ2) is 6.20. The van der Waals surface area contributed by atoms with Crippen molar-refractivity contribution in [2.24, 2.45) is 5.92 Å². The summed E-state index contributed by atoms with van der Waals surface area (Å²) in [5.74, 6) is -1.43. The van der Waals surface area contributed by atoms with E-state index in [1.54, 1.807) is 0 Å². The first-order chi connectivity index (χ1) is 12.1. The summed E-state index contributed by atoms with van der Waals surface area (Å²) in [7, 11) is 0. The van der Waals surface area contributed by atoms with Crippen molar-refractivity contribution < 1.29 is 19.1 Å². The maximum Gasteiger partial charge on any atom is 0.334 e. The van der Waals surface area contributed by atoms with Gasteiger partial charge in [0.15, 0.2) is 0 Å². The lowest BCUT2D eigenvalue weighted by atomic mass is 9.75. The number of aryl methyl sites for hydroxylation is 1. The van der Waals surface area contributed by atoms with Crippen LogP contribution in [-0.2, 0) is 25.7 Å². The molecule has 2 aromatic rings. The van der Waals surface area contributed by atoms with Crippen LogP contribution in [0.15, 0.2) is 54.1 Å². The minimum absolute atomic E-state index is 0.220. The largest absolute Gasteiger partial charge is 0.462 e. The van der Waals surface area contributed by atoms with Crippen molar-refractivity contribution in [2.45, 2.75) is 19.4 Å². The van der Waals surface area contributed by atoms with Gasteiger partial charge in [-0.1, -0.05) is 48.5 Å². The van der Waals surface area contributed by atoms with Gasteiger partial charge in [-0.2, -0.15) is 0 Å². The Morgan fingerprint density at radius 3 is 2.76 bits per heavy atom. The fourth-order valence-corrected chi connectivity index (χ4v) is 3.59. The molecule has 1 aliphatic heterocycles. The Morgan fingerprint density at radius 1 is 1.16 bits per heavy atom. The van der Waals surface area contributed by atoms with Crippen LogP contribution in [-0.4, -0.2) is 18.5 Å². The maximum absolute atomic E-state index is 12.9. The van der Waals surface area contributed by atoms with Gasteiger partial charge < -0.3 is 9.47 Å². The summed E-state index contributed by atoms with van der Waals surface area (Å²) < 4.78 is 10.8. The Labute approximate surface area is 146 Å². The van der Waals surface area contributed by atoms with E-state index in [0.717, 1.165) is 22.3 Å². The molecule has 2 aromatic carbocycles. The smallest absolute Gasteiger partial charge is 0.334 e. The number of fused-ring (bicyclic) bond motifs is 2. The summed E-state index contributed by atoms with van der Waals surface area (Å²) in [5, 5.41) is 0. The molecule has 1 aliphatic carbocycles. The van der Waals surface area contributed by atoms with Crippen molar-refractivity contribution in [3.8, 4) is 0 Å². The van der Waals surface area contributed by atoms with E-state index in [2.05, 4.69) is 0 Å². The number of cyclic esters (lactones) is 1. The van der Waals surface area contributed by atoms with Crippen molar-refractivity contribution in [1.82, 2.24) is 0 Å². The van der Waals surface area contributed by atoms with Crippen molar-refractivity contribution in [2.75, 3.05) is 6.61 Å². The third-order valence-electron chi connectivity index (χ3n) is 4.90. The molecule has 126 valence electrons. The Balaban J connectivity index is 1.66. The lowest BCUT2D eigenvalue weighted by Crippen LogP contribution is -2.28. The average Bonchev–Trinajstić information content (AvgIpc) is 3.00. The summed E-state index contributed by atoms with van der Waals surface area (Å²) in [5.41, 5.74) is 4.37.